The Hall–Kier alpha value is -1.33. The number of carbonyl (C=O) groups excluding carboxylic acids is 1. The molecule has 1 amide bonds. The van der Waals surface area contributed by atoms with E-state index in [1.54, 1.807) is 4.90 Å². The second-order valence-corrected chi connectivity index (χ2v) is 14.2. The summed E-state index contributed by atoms with van der Waals surface area (Å²) >= 11 is 0. The molecular formula is C20H33NO3Si. The maximum Gasteiger partial charge on any atom is 0.415 e. The van der Waals surface area contributed by atoms with Crippen molar-refractivity contribution in [2.75, 3.05) is 11.5 Å². The van der Waals surface area contributed by atoms with Crippen molar-refractivity contribution in [2.24, 2.45) is 0 Å². The lowest BCUT2D eigenvalue weighted by Gasteiger charge is -2.38. The van der Waals surface area contributed by atoms with Crippen molar-refractivity contribution < 1.29 is 14.0 Å². The van der Waals surface area contributed by atoms with Crippen molar-refractivity contribution in [1.29, 1.82) is 0 Å². The number of rotatable bonds is 3. The largest absolute Gasteiger partial charge is 0.443 e. The van der Waals surface area contributed by atoms with Crippen molar-refractivity contribution in [3.05, 3.63) is 29.8 Å². The average molecular weight is 364 g/mol. The van der Waals surface area contributed by atoms with Crippen LogP contribution in [0.5, 0.6) is 0 Å². The van der Waals surface area contributed by atoms with E-state index in [2.05, 4.69) is 39.9 Å². The van der Waals surface area contributed by atoms with E-state index in [0.717, 1.165) is 12.1 Å². The van der Waals surface area contributed by atoms with Gasteiger partial charge in [-0.3, -0.25) is 4.90 Å². The van der Waals surface area contributed by atoms with Crippen LogP contribution in [-0.2, 0) is 15.6 Å². The number of nitrogens with zero attached hydrogens (tertiary/aromatic N) is 1. The predicted molar refractivity (Wildman–Crippen MR) is 106 cm³/mol. The van der Waals surface area contributed by atoms with Crippen LogP contribution in [0.1, 0.15) is 47.1 Å². The predicted octanol–water partition coefficient (Wildman–Crippen LogP) is 5.37. The topological polar surface area (TPSA) is 38.8 Å². The molecule has 0 fully saturated rings. The second kappa shape index (κ2) is 6.76. The highest BCUT2D eigenvalue weighted by molar-refractivity contribution is 6.74. The van der Waals surface area contributed by atoms with Crippen LogP contribution in [-0.4, -0.2) is 32.7 Å². The summed E-state index contributed by atoms with van der Waals surface area (Å²) in [5.74, 6) is 0. The van der Waals surface area contributed by atoms with Gasteiger partial charge < -0.3 is 9.16 Å². The Morgan fingerprint density at radius 3 is 2.32 bits per heavy atom. The van der Waals surface area contributed by atoms with Gasteiger partial charge >= 0.3 is 6.09 Å². The summed E-state index contributed by atoms with van der Waals surface area (Å²) in [6, 6.07) is 8.04. The Kier molecular flexibility index (Phi) is 5.41. The third-order valence-electron chi connectivity index (χ3n) is 5.10. The molecule has 25 heavy (non-hydrogen) atoms. The summed E-state index contributed by atoms with van der Waals surface area (Å²) in [4.78, 5) is 14.6. The van der Waals surface area contributed by atoms with Crippen LogP contribution in [0.15, 0.2) is 24.3 Å². The zero-order chi connectivity index (χ0) is 19.0. The minimum atomic E-state index is -1.87. The monoisotopic (exact) mass is 363 g/mol. The molecule has 1 unspecified atom stereocenters. The molecule has 1 atom stereocenters. The van der Waals surface area contributed by atoms with Crippen molar-refractivity contribution >= 4 is 20.1 Å². The lowest BCUT2D eigenvalue weighted by molar-refractivity contribution is 0.0558. The molecular weight excluding hydrogens is 330 g/mol. The number of anilines is 1. The molecule has 0 aliphatic carbocycles. The number of carbonyl (C=O) groups is 1. The summed E-state index contributed by atoms with van der Waals surface area (Å²) in [6.45, 7) is 17.4. The molecule has 2 rings (SSSR count). The quantitative estimate of drug-likeness (QED) is 0.677. The average Bonchev–Trinajstić information content (AvgIpc) is 2.80. The van der Waals surface area contributed by atoms with Gasteiger partial charge in [0, 0.05) is 0 Å². The van der Waals surface area contributed by atoms with E-state index in [1.165, 1.54) is 5.56 Å². The van der Waals surface area contributed by atoms with E-state index in [4.69, 9.17) is 9.16 Å². The number of hydrogen-bond donors (Lipinski definition) is 0. The molecule has 140 valence electrons. The summed E-state index contributed by atoms with van der Waals surface area (Å²) < 4.78 is 12.1. The van der Waals surface area contributed by atoms with Crippen molar-refractivity contribution in [3.8, 4) is 0 Å². The summed E-state index contributed by atoms with van der Waals surface area (Å²) in [5.41, 5.74) is 1.61. The van der Waals surface area contributed by atoms with Crippen LogP contribution in [0.2, 0.25) is 18.1 Å². The first kappa shape index (κ1) is 20.0. The van der Waals surface area contributed by atoms with Crippen LogP contribution < -0.4 is 4.90 Å². The molecule has 4 nitrogen and oxygen atoms in total. The third kappa shape index (κ3) is 4.64. The molecule has 0 saturated carbocycles. The van der Waals surface area contributed by atoms with Gasteiger partial charge in [0.15, 0.2) is 8.32 Å². The van der Waals surface area contributed by atoms with Gasteiger partial charge in [0.2, 0.25) is 0 Å². The Bertz CT molecular complexity index is 629. The van der Waals surface area contributed by atoms with Crippen LogP contribution in [0.3, 0.4) is 0 Å². The molecule has 5 heteroatoms. The first-order chi connectivity index (χ1) is 11.3. The van der Waals surface area contributed by atoms with Gasteiger partial charge in [-0.25, -0.2) is 4.79 Å². The highest BCUT2D eigenvalue weighted by Gasteiger charge is 2.41. The van der Waals surface area contributed by atoms with Gasteiger partial charge in [0.1, 0.15) is 5.60 Å². The van der Waals surface area contributed by atoms with Crippen LogP contribution in [0.25, 0.3) is 0 Å². The fourth-order valence-corrected chi connectivity index (χ4v) is 3.72. The number of hydrogen-bond acceptors (Lipinski definition) is 3. The van der Waals surface area contributed by atoms with Gasteiger partial charge in [-0.15, -0.1) is 0 Å². The minimum absolute atomic E-state index is 0.0126. The van der Waals surface area contributed by atoms with E-state index in [-0.39, 0.29) is 17.2 Å². The molecule has 0 aromatic heterocycles. The van der Waals surface area contributed by atoms with Crippen LogP contribution in [0.4, 0.5) is 10.5 Å². The summed E-state index contributed by atoms with van der Waals surface area (Å²) in [5, 5.41) is 0.148. The number of benzene rings is 1. The summed E-state index contributed by atoms with van der Waals surface area (Å²) in [7, 11) is -1.87. The smallest absolute Gasteiger partial charge is 0.415 e. The zero-order valence-electron chi connectivity index (χ0n) is 17.0. The first-order valence-electron chi connectivity index (χ1n) is 9.06. The SMILES string of the molecule is CC(C)(C)OC(=O)N1c2ccccc2CC1CO[Si](C)(C)C(C)(C)C. The highest BCUT2D eigenvalue weighted by Crippen LogP contribution is 2.38. The Morgan fingerprint density at radius 1 is 1.16 bits per heavy atom. The van der Waals surface area contributed by atoms with E-state index in [9.17, 15) is 4.79 Å². The molecule has 0 radical (unpaired) electrons. The van der Waals surface area contributed by atoms with E-state index < -0.39 is 13.9 Å². The van der Waals surface area contributed by atoms with E-state index in [0.29, 0.717) is 6.61 Å². The lowest BCUT2D eigenvalue weighted by atomic mass is 10.1. The number of fused-ring (bicyclic) bond motifs is 1. The molecule has 0 N–H and O–H groups in total. The maximum absolute atomic E-state index is 12.8. The fraction of sp³-hybridized carbons (Fsp3) is 0.650. The molecule has 1 aliphatic rings. The fourth-order valence-electron chi connectivity index (χ4n) is 2.67. The standard InChI is InChI=1S/C20H33NO3Si/c1-19(2,3)24-18(22)21-16(13-15-11-9-10-12-17(15)21)14-23-25(7,8)20(4,5)6/h9-12,16H,13-14H2,1-8H3. The number of amides is 1. The Labute approximate surface area is 153 Å². The van der Waals surface area contributed by atoms with Crippen molar-refractivity contribution in [1.82, 2.24) is 0 Å². The molecule has 1 heterocycles. The van der Waals surface area contributed by atoms with Crippen molar-refractivity contribution in [2.45, 2.75) is 77.7 Å². The minimum Gasteiger partial charge on any atom is -0.443 e. The van der Waals surface area contributed by atoms with Crippen molar-refractivity contribution in [3.63, 3.8) is 0 Å². The van der Waals surface area contributed by atoms with Gasteiger partial charge in [-0.1, -0.05) is 39.0 Å². The normalized spacial score (nSPS) is 18.2. The molecule has 1 aliphatic heterocycles. The van der Waals surface area contributed by atoms with Gasteiger partial charge in [0.05, 0.1) is 18.3 Å². The Balaban J connectivity index is 2.21. The Morgan fingerprint density at radius 2 is 1.76 bits per heavy atom. The molecule has 0 bridgehead atoms. The van der Waals surface area contributed by atoms with Gasteiger partial charge in [-0.05, 0) is 57.0 Å². The molecule has 1 aromatic rings. The number of ether oxygens (including phenoxy) is 1. The third-order valence-corrected chi connectivity index (χ3v) is 9.61. The molecule has 1 aromatic carbocycles. The molecule has 0 spiro atoms. The van der Waals surface area contributed by atoms with Crippen LogP contribution in [0, 0.1) is 0 Å². The number of para-hydroxylation sites is 1. The lowest BCUT2D eigenvalue weighted by Crippen LogP contribution is -2.48. The maximum atomic E-state index is 12.8. The van der Waals surface area contributed by atoms with E-state index in [1.807, 2.05) is 39.0 Å². The van der Waals surface area contributed by atoms with Gasteiger partial charge in [-0.2, -0.15) is 0 Å². The highest BCUT2D eigenvalue weighted by atomic mass is 28.4. The summed E-state index contributed by atoms with van der Waals surface area (Å²) in [6.07, 6.45) is 0.519. The second-order valence-electron chi connectivity index (χ2n) is 9.41. The van der Waals surface area contributed by atoms with Crippen LogP contribution >= 0.6 is 0 Å². The van der Waals surface area contributed by atoms with Gasteiger partial charge in [0.25, 0.3) is 0 Å². The first-order valence-corrected chi connectivity index (χ1v) is 12.0. The molecule has 0 saturated heterocycles. The van der Waals surface area contributed by atoms with E-state index >= 15 is 0 Å². The zero-order valence-corrected chi connectivity index (χ0v) is 18.0.